The Balaban J connectivity index is 2.16. The number of nitrogens with one attached hydrogen (secondary N) is 2. The molecule has 2 N–H and O–H groups in total. The van der Waals surface area contributed by atoms with Gasteiger partial charge in [-0.05, 0) is 54.4 Å². The number of carbonyl (C=O) groups excluding carboxylic acids is 1. The Bertz CT molecular complexity index is 490. The molecule has 1 aliphatic rings. The average molecular weight is 362 g/mol. The van der Waals surface area contributed by atoms with E-state index in [1.165, 1.54) is 0 Å². The minimum absolute atomic E-state index is 0.00372. The Morgan fingerprint density at radius 2 is 2.40 bits per heavy atom. The molecule has 0 unspecified atom stereocenters. The van der Waals surface area contributed by atoms with E-state index in [-0.39, 0.29) is 11.8 Å². The molecular weight excluding hydrogens is 344 g/mol. The number of halogens is 2. The van der Waals surface area contributed by atoms with Crippen LogP contribution in [-0.4, -0.2) is 25.6 Å². The van der Waals surface area contributed by atoms with Crippen LogP contribution in [0.3, 0.4) is 0 Å². The van der Waals surface area contributed by atoms with E-state index >= 15 is 0 Å². The zero-order valence-corrected chi connectivity index (χ0v) is 13.7. The number of rotatable bonds is 4. The van der Waals surface area contributed by atoms with Crippen LogP contribution in [0.4, 0.5) is 5.69 Å². The Hall–Kier alpha value is -0.780. The standard InChI is InChI=1S/C14H18BrClN2O2/c1-2-20-13-11(15)6-10(16)7-12(13)18-14(19)9-4-3-5-17-8-9/h6-7,9,17H,2-5,8H2,1H3,(H,18,19)/t9-/m1/s1. The predicted molar refractivity (Wildman–Crippen MR) is 84.5 cm³/mol. The maximum absolute atomic E-state index is 12.3. The fourth-order valence-corrected chi connectivity index (χ4v) is 3.18. The maximum Gasteiger partial charge on any atom is 0.228 e. The second-order valence-electron chi connectivity index (χ2n) is 4.73. The van der Waals surface area contributed by atoms with Crippen LogP contribution in [0.1, 0.15) is 19.8 Å². The number of benzene rings is 1. The van der Waals surface area contributed by atoms with Gasteiger partial charge in [-0.2, -0.15) is 0 Å². The van der Waals surface area contributed by atoms with Crippen molar-refractivity contribution >= 4 is 39.1 Å². The van der Waals surface area contributed by atoms with Gasteiger partial charge in [-0.1, -0.05) is 11.6 Å². The number of ether oxygens (including phenoxy) is 1. The van der Waals surface area contributed by atoms with Gasteiger partial charge in [0.25, 0.3) is 0 Å². The van der Waals surface area contributed by atoms with Crippen LogP contribution in [0.15, 0.2) is 16.6 Å². The lowest BCUT2D eigenvalue weighted by atomic mass is 9.99. The van der Waals surface area contributed by atoms with Crippen molar-refractivity contribution in [3.63, 3.8) is 0 Å². The van der Waals surface area contributed by atoms with Crippen molar-refractivity contribution < 1.29 is 9.53 Å². The van der Waals surface area contributed by atoms with E-state index in [4.69, 9.17) is 16.3 Å². The SMILES string of the molecule is CCOc1c(Br)cc(Cl)cc1NC(=O)[C@@H]1CCCNC1. The van der Waals surface area contributed by atoms with Gasteiger partial charge in [0, 0.05) is 11.6 Å². The van der Waals surface area contributed by atoms with E-state index < -0.39 is 0 Å². The quantitative estimate of drug-likeness (QED) is 0.864. The fraction of sp³-hybridized carbons (Fsp3) is 0.500. The minimum atomic E-state index is -0.00372. The van der Waals surface area contributed by atoms with Crippen LogP contribution < -0.4 is 15.4 Å². The second kappa shape index (κ2) is 7.29. The van der Waals surface area contributed by atoms with Crippen molar-refractivity contribution in [2.24, 2.45) is 5.92 Å². The third kappa shape index (κ3) is 3.87. The highest BCUT2D eigenvalue weighted by molar-refractivity contribution is 9.10. The highest BCUT2D eigenvalue weighted by Crippen LogP contribution is 2.37. The van der Waals surface area contributed by atoms with Gasteiger partial charge in [-0.15, -0.1) is 0 Å². The first-order valence-electron chi connectivity index (χ1n) is 6.75. The Labute approximate surface area is 132 Å². The van der Waals surface area contributed by atoms with Crippen LogP contribution in [-0.2, 0) is 4.79 Å². The van der Waals surface area contributed by atoms with Gasteiger partial charge in [0.05, 0.1) is 22.7 Å². The molecule has 6 heteroatoms. The first-order chi connectivity index (χ1) is 9.61. The number of amides is 1. The summed E-state index contributed by atoms with van der Waals surface area (Å²) in [5.41, 5.74) is 0.613. The van der Waals surface area contributed by atoms with E-state index in [0.717, 1.165) is 30.4 Å². The van der Waals surface area contributed by atoms with Crippen molar-refractivity contribution in [3.05, 3.63) is 21.6 Å². The molecular formula is C14H18BrClN2O2. The summed E-state index contributed by atoms with van der Waals surface area (Å²) < 4.78 is 6.31. The molecule has 0 saturated carbocycles. The summed E-state index contributed by atoms with van der Waals surface area (Å²) in [6.07, 6.45) is 1.93. The van der Waals surface area contributed by atoms with Crippen molar-refractivity contribution in [1.29, 1.82) is 0 Å². The average Bonchev–Trinajstić information content (AvgIpc) is 2.43. The van der Waals surface area contributed by atoms with Crippen LogP contribution in [0.25, 0.3) is 0 Å². The van der Waals surface area contributed by atoms with Crippen LogP contribution in [0.2, 0.25) is 5.02 Å². The molecule has 20 heavy (non-hydrogen) atoms. The molecule has 0 spiro atoms. The van der Waals surface area contributed by atoms with E-state index in [0.29, 0.717) is 23.1 Å². The lowest BCUT2D eigenvalue weighted by molar-refractivity contribution is -0.120. The van der Waals surface area contributed by atoms with E-state index in [1.807, 2.05) is 6.92 Å². The lowest BCUT2D eigenvalue weighted by Crippen LogP contribution is -2.37. The summed E-state index contributed by atoms with van der Waals surface area (Å²) in [5.74, 6) is 0.623. The molecule has 1 heterocycles. The summed E-state index contributed by atoms with van der Waals surface area (Å²) in [4.78, 5) is 12.3. The topological polar surface area (TPSA) is 50.4 Å². The number of hydrogen-bond donors (Lipinski definition) is 2. The number of hydrogen-bond acceptors (Lipinski definition) is 3. The molecule has 1 aliphatic heterocycles. The number of piperidine rings is 1. The number of anilines is 1. The molecule has 1 atom stereocenters. The van der Waals surface area contributed by atoms with Gasteiger partial charge in [0.2, 0.25) is 5.91 Å². The molecule has 1 aromatic rings. The van der Waals surface area contributed by atoms with Crippen LogP contribution in [0.5, 0.6) is 5.75 Å². The monoisotopic (exact) mass is 360 g/mol. The van der Waals surface area contributed by atoms with Crippen LogP contribution in [0, 0.1) is 5.92 Å². The van der Waals surface area contributed by atoms with Gasteiger partial charge in [-0.3, -0.25) is 4.79 Å². The zero-order valence-electron chi connectivity index (χ0n) is 11.3. The van der Waals surface area contributed by atoms with Crippen LogP contribution >= 0.6 is 27.5 Å². The lowest BCUT2D eigenvalue weighted by Gasteiger charge is -2.22. The first-order valence-corrected chi connectivity index (χ1v) is 7.92. The summed E-state index contributed by atoms with van der Waals surface area (Å²) in [5, 5.41) is 6.72. The molecule has 1 fully saturated rings. The van der Waals surface area contributed by atoms with E-state index in [1.54, 1.807) is 12.1 Å². The third-order valence-corrected chi connectivity index (χ3v) is 4.03. The molecule has 1 aromatic carbocycles. The van der Waals surface area contributed by atoms with Gasteiger partial charge < -0.3 is 15.4 Å². The highest BCUT2D eigenvalue weighted by atomic mass is 79.9. The predicted octanol–water partition coefficient (Wildman–Crippen LogP) is 3.44. The molecule has 0 bridgehead atoms. The molecule has 2 rings (SSSR count). The maximum atomic E-state index is 12.3. The van der Waals surface area contributed by atoms with Crippen molar-refractivity contribution in [2.45, 2.75) is 19.8 Å². The molecule has 0 aliphatic carbocycles. The smallest absolute Gasteiger partial charge is 0.228 e. The molecule has 1 amide bonds. The molecule has 0 radical (unpaired) electrons. The summed E-state index contributed by atoms with van der Waals surface area (Å²) >= 11 is 9.45. The third-order valence-electron chi connectivity index (χ3n) is 3.22. The zero-order chi connectivity index (χ0) is 14.5. The number of carbonyl (C=O) groups is 1. The Morgan fingerprint density at radius 3 is 3.05 bits per heavy atom. The van der Waals surface area contributed by atoms with Gasteiger partial charge in [-0.25, -0.2) is 0 Å². The van der Waals surface area contributed by atoms with Gasteiger partial charge in [0.15, 0.2) is 5.75 Å². The van der Waals surface area contributed by atoms with Crippen molar-refractivity contribution in [2.75, 3.05) is 25.0 Å². The Morgan fingerprint density at radius 1 is 1.60 bits per heavy atom. The van der Waals surface area contributed by atoms with Gasteiger partial charge in [0.1, 0.15) is 0 Å². The largest absolute Gasteiger partial charge is 0.491 e. The van der Waals surface area contributed by atoms with Gasteiger partial charge >= 0.3 is 0 Å². The fourth-order valence-electron chi connectivity index (χ4n) is 2.25. The van der Waals surface area contributed by atoms with E-state index in [2.05, 4.69) is 26.6 Å². The summed E-state index contributed by atoms with van der Waals surface area (Å²) in [7, 11) is 0. The van der Waals surface area contributed by atoms with Crippen molar-refractivity contribution in [1.82, 2.24) is 5.32 Å². The second-order valence-corrected chi connectivity index (χ2v) is 6.02. The first kappa shape index (κ1) is 15.6. The molecule has 4 nitrogen and oxygen atoms in total. The summed E-state index contributed by atoms with van der Waals surface area (Å²) in [6, 6.07) is 3.47. The molecule has 0 aromatic heterocycles. The normalized spacial score (nSPS) is 18.6. The Kier molecular flexibility index (Phi) is 5.69. The van der Waals surface area contributed by atoms with Crippen molar-refractivity contribution in [3.8, 4) is 5.75 Å². The van der Waals surface area contributed by atoms with E-state index in [9.17, 15) is 4.79 Å². The molecule has 1 saturated heterocycles. The summed E-state index contributed by atoms with van der Waals surface area (Å²) in [6.45, 7) is 4.13. The molecule has 110 valence electrons. The minimum Gasteiger partial charge on any atom is -0.491 e. The highest BCUT2D eigenvalue weighted by Gasteiger charge is 2.22.